The lowest BCUT2D eigenvalue weighted by atomic mass is 10.3. The topological polar surface area (TPSA) is 56.7 Å². The number of aromatic nitrogens is 1. The lowest BCUT2D eigenvalue weighted by Crippen LogP contribution is -2.13. The molecule has 0 N–H and O–H groups in total. The highest BCUT2D eigenvalue weighted by Crippen LogP contribution is 2.26. The van der Waals surface area contributed by atoms with Crippen molar-refractivity contribution < 1.29 is 13.9 Å². The number of thiazole rings is 1. The molecule has 0 unspecified atom stereocenters. The van der Waals surface area contributed by atoms with Gasteiger partial charge in [0, 0.05) is 7.05 Å². The maximum Gasteiger partial charge on any atom is 0.315 e. The summed E-state index contributed by atoms with van der Waals surface area (Å²) in [6.07, 6.45) is 1.46. The standard InChI is InChI=1S/C14H12N2O3S/c1-16-12-9(18-2)5-3-7-11(12)20-14(16)15-13(17)10-6-4-8-19-10/h3-8H,1-2H3. The molecule has 1 aromatic carbocycles. The van der Waals surface area contributed by atoms with Gasteiger partial charge in [-0.2, -0.15) is 4.99 Å². The van der Waals surface area contributed by atoms with Crippen LogP contribution < -0.4 is 9.54 Å². The van der Waals surface area contributed by atoms with Crippen molar-refractivity contribution in [2.75, 3.05) is 7.11 Å². The monoisotopic (exact) mass is 288 g/mol. The highest BCUT2D eigenvalue weighted by molar-refractivity contribution is 7.16. The van der Waals surface area contributed by atoms with E-state index >= 15 is 0 Å². The van der Waals surface area contributed by atoms with Gasteiger partial charge in [-0.05, 0) is 24.3 Å². The zero-order chi connectivity index (χ0) is 14.1. The molecule has 0 aliphatic rings. The molecule has 2 heterocycles. The lowest BCUT2D eigenvalue weighted by Gasteiger charge is -2.02. The van der Waals surface area contributed by atoms with Crippen LogP contribution in [0.3, 0.4) is 0 Å². The average Bonchev–Trinajstić information content (AvgIpc) is 3.08. The van der Waals surface area contributed by atoms with E-state index in [1.165, 1.54) is 17.6 Å². The molecule has 20 heavy (non-hydrogen) atoms. The summed E-state index contributed by atoms with van der Waals surface area (Å²) in [5.41, 5.74) is 0.922. The summed E-state index contributed by atoms with van der Waals surface area (Å²) in [5.74, 6) is 0.596. The summed E-state index contributed by atoms with van der Waals surface area (Å²) in [5, 5.41) is 0. The number of methoxy groups -OCH3 is 1. The zero-order valence-electron chi connectivity index (χ0n) is 11.0. The molecule has 1 amide bonds. The van der Waals surface area contributed by atoms with Crippen molar-refractivity contribution in [3.63, 3.8) is 0 Å². The summed E-state index contributed by atoms with van der Waals surface area (Å²) in [7, 11) is 3.48. The molecule has 0 bridgehead atoms. The highest BCUT2D eigenvalue weighted by Gasteiger charge is 2.11. The summed E-state index contributed by atoms with van der Waals surface area (Å²) in [6, 6.07) is 9.03. The number of nitrogens with zero attached hydrogens (tertiary/aromatic N) is 2. The second-order valence-electron chi connectivity index (χ2n) is 4.14. The Kier molecular flexibility index (Phi) is 3.15. The average molecular weight is 288 g/mol. The molecule has 0 saturated carbocycles. The Morgan fingerprint density at radius 2 is 2.20 bits per heavy atom. The number of hydrogen-bond donors (Lipinski definition) is 0. The molecule has 0 aliphatic heterocycles. The van der Waals surface area contributed by atoms with Gasteiger partial charge in [-0.15, -0.1) is 0 Å². The van der Waals surface area contributed by atoms with Crippen LogP contribution in [0.5, 0.6) is 5.75 Å². The third-order valence-corrected chi connectivity index (χ3v) is 4.03. The number of fused-ring (bicyclic) bond motifs is 1. The molecule has 3 aromatic rings. The molecule has 5 nitrogen and oxygen atoms in total. The Labute approximate surface area is 118 Å². The molecule has 0 fully saturated rings. The van der Waals surface area contributed by atoms with Gasteiger partial charge in [0.1, 0.15) is 11.3 Å². The van der Waals surface area contributed by atoms with Crippen LogP contribution >= 0.6 is 11.3 Å². The van der Waals surface area contributed by atoms with E-state index in [2.05, 4.69) is 4.99 Å². The normalized spacial score (nSPS) is 12.0. The number of ether oxygens (including phenoxy) is 1. The molecule has 2 aromatic heterocycles. The predicted octanol–water partition coefficient (Wildman–Crippen LogP) is 2.58. The van der Waals surface area contributed by atoms with Crippen LogP contribution in [0.1, 0.15) is 10.6 Å². The van der Waals surface area contributed by atoms with Gasteiger partial charge in [-0.25, -0.2) is 0 Å². The first-order valence-corrected chi connectivity index (χ1v) is 6.77. The number of benzene rings is 1. The number of amides is 1. The molecular formula is C14H12N2O3S. The quantitative estimate of drug-likeness (QED) is 0.728. The van der Waals surface area contributed by atoms with E-state index in [-0.39, 0.29) is 5.76 Å². The van der Waals surface area contributed by atoms with E-state index < -0.39 is 5.91 Å². The van der Waals surface area contributed by atoms with Gasteiger partial charge in [0.2, 0.25) is 0 Å². The fraction of sp³-hybridized carbons (Fsp3) is 0.143. The largest absolute Gasteiger partial charge is 0.495 e. The van der Waals surface area contributed by atoms with Crippen molar-refractivity contribution in [2.24, 2.45) is 12.0 Å². The van der Waals surface area contributed by atoms with Gasteiger partial charge >= 0.3 is 5.91 Å². The van der Waals surface area contributed by atoms with Crippen LogP contribution in [-0.4, -0.2) is 17.6 Å². The summed E-state index contributed by atoms with van der Waals surface area (Å²) >= 11 is 1.43. The van der Waals surface area contributed by atoms with Gasteiger partial charge < -0.3 is 13.7 Å². The van der Waals surface area contributed by atoms with Crippen LogP contribution in [0.4, 0.5) is 0 Å². The van der Waals surface area contributed by atoms with E-state index in [0.717, 1.165) is 16.0 Å². The van der Waals surface area contributed by atoms with Crippen molar-refractivity contribution >= 4 is 27.5 Å². The van der Waals surface area contributed by atoms with E-state index in [1.54, 1.807) is 19.2 Å². The third-order valence-electron chi connectivity index (χ3n) is 2.93. The predicted molar refractivity (Wildman–Crippen MR) is 75.9 cm³/mol. The molecule has 6 heteroatoms. The molecular weight excluding hydrogens is 276 g/mol. The number of furan rings is 1. The highest BCUT2D eigenvalue weighted by atomic mass is 32.1. The molecule has 0 saturated heterocycles. The molecule has 102 valence electrons. The number of aryl methyl sites for hydroxylation is 1. The first-order chi connectivity index (χ1) is 9.70. The first-order valence-electron chi connectivity index (χ1n) is 5.96. The fourth-order valence-electron chi connectivity index (χ4n) is 1.98. The zero-order valence-corrected chi connectivity index (χ0v) is 11.8. The summed E-state index contributed by atoms with van der Waals surface area (Å²) in [4.78, 5) is 16.7. The van der Waals surface area contributed by atoms with Gasteiger partial charge in [0.05, 0.1) is 18.1 Å². The molecule has 0 atom stereocenters. The van der Waals surface area contributed by atoms with Crippen molar-refractivity contribution in [3.8, 4) is 5.75 Å². The van der Waals surface area contributed by atoms with Crippen molar-refractivity contribution in [1.29, 1.82) is 0 Å². The van der Waals surface area contributed by atoms with Gasteiger partial charge in [-0.3, -0.25) is 4.79 Å². The summed E-state index contributed by atoms with van der Waals surface area (Å²) < 4.78 is 13.3. The Balaban J connectivity index is 2.18. The minimum Gasteiger partial charge on any atom is -0.495 e. The maximum absolute atomic E-state index is 12.0. The van der Waals surface area contributed by atoms with Crippen LogP contribution in [0, 0.1) is 0 Å². The molecule has 0 aliphatic carbocycles. The molecule has 0 radical (unpaired) electrons. The minimum absolute atomic E-state index is 0.231. The van der Waals surface area contributed by atoms with Gasteiger partial charge in [0.15, 0.2) is 10.6 Å². The molecule has 0 spiro atoms. The Morgan fingerprint density at radius 1 is 1.35 bits per heavy atom. The Morgan fingerprint density at radius 3 is 2.90 bits per heavy atom. The van der Waals surface area contributed by atoms with Crippen LogP contribution in [0.25, 0.3) is 10.2 Å². The number of carbonyl (C=O) groups excluding carboxylic acids is 1. The molecule has 3 rings (SSSR count). The van der Waals surface area contributed by atoms with Gasteiger partial charge in [0.25, 0.3) is 0 Å². The lowest BCUT2D eigenvalue weighted by molar-refractivity contribution is 0.0971. The number of rotatable bonds is 2. The van der Waals surface area contributed by atoms with Crippen molar-refractivity contribution in [2.45, 2.75) is 0 Å². The minimum atomic E-state index is -0.392. The van der Waals surface area contributed by atoms with Gasteiger partial charge in [-0.1, -0.05) is 17.4 Å². The van der Waals surface area contributed by atoms with Crippen LogP contribution in [-0.2, 0) is 7.05 Å². The smallest absolute Gasteiger partial charge is 0.315 e. The van der Waals surface area contributed by atoms with E-state index in [1.807, 2.05) is 29.8 Å². The Hall–Kier alpha value is -2.34. The number of hydrogen-bond acceptors (Lipinski definition) is 4. The second kappa shape index (κ2) is 4.97. The maximum atomic E-state index is 12.0. The fourth-order valence-corrected chi connectivity index (χ4v) is 3.02. The SMILES string of the molecule is COc1cccc2sc(=NC(=O)c3ccco3)n(C)c12. The summed E-state index contributed by atoms with van der Waals surface area (Å²) in [6.45, 7) is 0. The van der Waals surface area contributed by atoms with Crippen molar-refractivity contribution in [3.05, 3.63) is 47.2 Å². The van der Waals surface area contributed by atoms with Crippen LogP contribution in [0.2, 0.25) is 0 Å². The van der Waals surface area contributed by atoms with E-state index in [9.17, 15) is 4.79 Å². The third kappa shape index (κ3) is 2.04. The van der Waals surface area contributed by atoms with Crippen LogP contribution in [0.15, 0.2) is 46.0 Å². The first kappa shape index (κ1) is 12.7. The van der Waals surface area contributed by atoms with E-state index in [0.29, 0.717) is 4.80 Å². The number of para-hydroxylation sites is 1. The second-order valence-corrected chi connectivity index (χ2v) is 5.15. The number of carbonyl (C=O) groups is 1. The Bertz CT molecular complexity index is 828. The van der Waals surface area contributed by atoms with E-state index in [4.69, 9.17) is 9.15 Å². The van der Waals surface area contributed by atoms with Crippen molar-refractivity contribution in [1.82, 2.24) is 4.57 Å².